The first kappa shape index (κ1) is 16.4. The van der Waals surface area contributed by atoms with Crippen LogP contribution >= 0.6 is 0 Å². The summed E-state index contributed by atoms with van der Waals surface area (Å²) in [5.74, 6) is 0.0661. The van der Waals surface area contributed by atoms with Crippen molar-refractivity contribution in [2.24, 2.45) is 0 Å². The smallest absolute Gasteiger partial charge is 0.338 e. The number of hydrogen-bond acceptors (Lipinski definition) is 3. The Morgan fingerprint density at radius 1 is 1.00 bits per heavy atom. The summed E-state index contributed by atoms with van der Waals surface area (Å²) >= 11 is 0. The fourth-order valence-corrected chi connectivity index (χ4v) is 3.32. The molecule has 1 atom stereocenters. The van der Waals surface area contributed by atoms with E-state index >= 15 is 0 Å². The van der Waals surface area contributed by atoms with Gasteiger partial charge in [0, 0.05) is 22.8 Å². The van der Waals surface area contributed by atoms with Gasteiger partial charge in [-0.25, -0.2) is 4.79 Å². The maximum Gasteiger partial charge on any atom is 0.338 e. The predicted octanol–water partition coefficient (Wildman–Crippen LogP) is 4.08. The molecular weight excluding hydrogens is 320 g/mol. The third-order valence-electron chi connectivity index (χ3n) is 3.77. The van der Waals surface area contributed by atoms with E-state index in [1.165, 1.54) is 0 Å². The zero-order valence-corrected chi connectivity index (χ0v) is 14.2. The molecule has 0 aliphatic carbocycles. The Kier molecular flexibility index (Phi) is 5.06. The minimum atomic E-state index is -0.939. The molecular formula is C20H18O3S. The van der Waals surface area contributed by atoms with Crippen molar-refractivity contribution in [2.75, 3.05) is 6.26 Å². The second kappa shape index (κ2) is 7.41. The summed E-state index contributed by atoms with van der Waals surface area (Å²) in [6.45, 7) is 0.226. The first-order chi connectivity index (χ1) is 11.6. The molecule has 0 unspecified atom stereocenters. The molecule has 24 heavy (non-hydrogen) atoms. The minimum Gasteiger partial charge on any atom is -0.457 e. The zero-order chi connectivity index (χ0) is 16.9. The van der Waals surface area contributed by atoms with Crippen LogP contribution in [0.25, 0.3) is 10.8 Å². The lowest BCUT2D eigenvalue weighted by Gasteiger charge is -2.09. The standard InChI is InChI=1S/C20H18O3S/c1-24(22)14-15-6-4-9-17(12-15)20(21)23-13-18-10-5-8-16-7-2-3-11-19(16)18/h2-12H,13-14H2,1H3/t24-/m0/s1. The van der Waals surface area contributed by atoms with Gasteiger partial charge in [-0.15, -0.1) is 0 Å². The Morgan fingerprint density at radius 2 is 1.75 bits per heavy atom. The van der Waals surface area contributed by atoms with E-state index in [-0.39, 0.29) is 12.6 Å². The lowest BCUT2D eigenvalue weighted by atomic mass is 10.1. The molecule has 0 N–H and O–H groups in total. The van der Waals surface area contributed by atoms with Crippen LogP contribution in [-0.2, 0) is 27.9 Å². The van der Waals surface area contributed by atoms with E-state index in [2.05, 4.69) is 0 Å². The number of esters is 1. The molecule has 3 aromatic carbocycles. The predicted molar refractivity (Wildman–Crippen MR) is 97.3 cm³/mol. The summed E-state index contributed by atoms with van der Waals surface area (Å²) in [7, 11) is -0.939. The Bertz CT molecular complexity index is 897. The van der Waals surface area contributed by atoms with E-state index in [0.717, 1.165) is 21.9 Å². The summed E-state index contributed by atoms with van der Waals surface area (Å²) in [5.41, 5.74) is 2.33. The van der Waals surface area contributed by atoms with Gasteiger partial charge in [0.2, 0.25) is 0 Å². The third-order valence-corrected chi connectivity index (χ3v) is 4.51. The van der Waals surface area contributed by atoms with Crippen LogP contribution in [0.2, 0.25) is 0 Å². The van der Waals surface area contributed by atoms with Gasteiger partial charge in [-0.1, -0.05) is 54.6 Å². The Balaban J connectivity index is 1.74. The van der Waals surface area contributed by atoms with Gasteiger partial charge in [-0.05, 0) is 34.0 Å². The van der Waals surface area contributed by atoms with Crippen molar-refractivity contribution in [1.29, 1.82) is 0 Å². The van der Waals surface area contributed by atoms with E-state index in [0.29, 0.717) is 11.3 Å². The average Bonchev–Trinajstić information content (AvgIpc) is 2.59. The largest absolute Gasteiger partial charge is 0.457 e. The van der Waals surface area contributed by atoms with Crippen molar-refractivity contribution in [2.45, 2.75) is 12.4 Å². The van der Waals surface area contributed by atoms with Crippen LogP contribution in [0.1, 0.15) is 21.5 Å². The van der Waals surface area contributed by atoms with E-state index in [1.807, 2.05) is 48.5 Å². The first-order valence-corrected chi connectivity index (χ1v) is 9.39. The van der Waals surface area contributed by atoms with Crippen LogP contribution < -0.4 is 0 Å². The van der Waals surface area contributed by atoms with E-state index in [9.17, 15) is 9.00 Å². The molecule has 3 rings (SSSR count). The fraction of sp³-hybridized carbons (Fsp3) is 0.150. The highest BCUT2D eigenvalue weighted by atomic mass is 32.2. The molecule has 3 nitrogen and oxygen atoms in total. The van der Waals surface area contributed by atoms with Gasteiger partial charge in [-0.2, -0.15) is 0 Å². The molecule has 0 aliphatic heterocycles. The first-order valence-electron chi connectivity index (χ1n) is 7.66. The molecule has 0 heterocycles. The van der Waals surface area contributed by atoms with Gasteiger partial charge in [0.1, 0.15) is 6.61 Å². The van der Waals surface area contributed by atoms with Gasteiger partial charge in [0.15, 0.2) is 0 Å². The van der Waals surface area contributed by atoms with Crippen LogP contribution in [0.5, 0.6) is 0 Å². The average molecular weight is 338 g/mol. The van der Waals surface area contributed by atoms with Crippen LogP contribution in [0.4, 0.5) is 0 Å². The number of hydrogen-bond donors (Lipinski definition) is 0. The monoisotopic (exact) mass is 338 g/mol. The molecule has 0 bridgehead atoms. The third kappa shape index (κ3) is 3.89. The lowest BCUT2D eigenvalue weighted by Crippen LogP contribution is -2.06. The fourth-order valence-electron chi connectivity index (χ4n) is 2.67. The SMILES string of the molecule is C[S@](=O)Cc1cccc(C(=O)OCc2cccc3ccccc23)c1. The maximum atomic E-state index is 12.3. The second-order valence-corrected chi connectivity index (χ2v) is 7.07. The van der Waals surface area contributed by atoms with Crippen LogP contribution in [0, 0.1) is 0 Å². The number of fused-ring (bicyclic) bond motifs is 1. The van der Waals surface area contributed by atoms with Crippen molar-refractivity contribution in [3.8, 4) is 0 Å². The van der Waals surface area contributed by atoms with Crippen LogP contribution in [-0.4, -0.2) is 16.4 Å². The number of rotatable bonds is 5. The van der Waals surface area contributed by atoms with Crippen molar-refractivity contribution >= 4 is 27.5 Å². The van der Waals surface area contributed by atoms with Crippen molar-refractivity contribution in [3.05, 3.63) is 83.4 Å². The summed E-state index contributed by atoms with van der Waals surface area (Å²) in [6, 6.07) is 21.1. The summed E-state index contributed by atoms with van der Waals surface area (Å²) in [6.07, 6.45) is 1.64. The van der Waals surface area contributed by atoms with E-state index in [1.54, 1.807) is 24.5 Å². The molecule has 0 aromatic heterocycles. The summed E-state index contributed by atoms with van der Waals surface area (Å²) in [5, 5.41) is 2.21. The normalized spacial score (nSPS) is 12.0. The van der Waals surface area contributed by atoms with Gasteiger partial charge in [0.25, 0.3) is 0 Å². The molecule has 4 heteroatoms. The Morgan fingerprint density at radius 3 is 2.58 bits per heavy atom. The van der Waals surface area contributed by atoms with Crippen molar-refractivity contribution in [3.63, 3.8) is 0 Å². The quantitative estimate of drug-likeness (QED) is 0.659. The Hall–Kier alpha value is -2.46. The van der Waals surface area contributed by atoms with Gasteiger partial charge < -0.3 is 4.74 Å². The Labute approximate surface area is 143 Å². The van der Waals surface area contributed by atoms with Gasteiger partial charge >= 0.3 is 5.97 Å². The molecule has 0 amide bonds. The molecule has 3 aromatic rings. The topological polar surface area (TPSA) is 43.4 Å². The number of carbonyl (C=O) groups excluding carboxylic acids is 1. The summed E-state index contributed by atoms with van der Waals surface area (Å²) in [4.78, 5) is 12.3. The molecule has 0 aliphatic rings. The molecule has 0 saturated carbocycles. The van der Waals surface area contributed by atoms with E-state index in [4.69, 9.17) is 4.74 Å². The van der Waals surface area contributed by atoms with Gasteiger partial charge in [0.05, 0.1) is 5.56 Å². The highest BCUT2D eigenvalue weighted by molar-refractivity contribution is 7.83. The number of benzene rings is 3. The molecule has 0 fully saturated rings. The van der Waals surface area contributed by atoms with Crippen molar-refractivity contribution < 1.29 is 13.7 Å². The van der Waals surface area contributed by atoms with Crippen LogP contribution in [0.3, 0.4) is 0 Å². The zero-order valence-electron chi connectivity index (χ0n) is 13.4. The highest BCUT2D eigenvalue weighted by Crippen LogP contribution is 2.19. The molecule has 0 radical (unpaired) electrons. The number of ether oxygens (including phenoxy) is 1. The minimum absolute atomic E-state index is 0.226. The van der Waals surface area contributed by atoms with Gasteiger partial charge in [-0.3, -0.25) is 4.21 Å². The molecule has 122 valence electrons. The number of carbonyl (C=O) groups is 1. The van der Waals surface area contributed by atoms with Crippen LogP contribution in [0.15, 0.2) is 66.7 Å². The molecule has 0 spiro atoms. The molecule has 0 saturated heterocycles. The highest BCUT2D eigenvalue weighted by Gasteiger charge is 2.10. The lowest BCUT2D eigenvalue weighted by molar-refractivity contribution is 0.0474. The second-order valence-electron chi connectivity index (χ2n) is 5.63. The van der Waals surface area contributed by atoms with Crippen molar-refractivity contribution in [1.82, 2.24) is 0 Å². The summed E-state index contributed by atoms with van der Waals surface area (Å²) < 4.78 is 16.8. The maximum absolute atomic E-state index is 12.3. The van der Waals surface area contributed by atoms with E-state index < -0.39 is 10.8 Å².